The number of thiazole rings is 1. The normalized spacial score (nSPS) is 19.8. The summed E-state index contributed by atoms with van der Waals surface area (Å²) in [5, 5.41) is 10.5. The van der Waals surface area contributed by atoms with E-state index >= 15 is 0 Å². The van der Waals surface area contributed by atoms with Crippen molar-refractivity contribution in [3.63, 3.8) is 0 Å². The Morgan fingerprint density at radius 2 is 2.07 bits per heavy atom. The largest absolute Gasteiger partial charge is 0.383 e. The fourth-order valence-electron chi connectivity index (χ4n) is 1.48. The summed E-state index contributed by atoms with van der Waals surface area (Å²) in [4.78, 5) is 4.87. The second-order valence-electron chi connectivity index (χ2n) is 4.44. The first-order valence-electron chi connectivity index (χ1n) is 4.73. The lowest BCUT2D eigenvalue weighted by Gasteiger charge is -2.11. The van der Waals surface area contributed by atoms with Gasteiger partial charge in [0.1, 0.15) is 16.3 Å². The Morgan fingerprint density at radius 3 is 2.43 bits per heavy atom. The van der Waals surface area contributed by atoms with Gasteiger partial charge in [0.15, 0.2) is 0 Å². The molecule has 2 rings (SSSR count). The van der Waals surface area contributed by atoms with Crippen LogP contribution in [0.4, 0.5) is 4.39 Å². The number of hydrogen-bond donors (Lipinski definition) is 1. The Bertz CT molecular complexity index is 363. The SMILES string of the molecule is Cc1nc(C2(O)CC2)sc1C(C)(C)F. The molecule has 4 heteroatoms. The van der Waals surface area contributed by atoms with E-state index in [-0.39, 0.29) is 0 Å². The third-order valence-electron chi connectivity index (χ3n) is 2.46. The van der Waals surface area contributed by atoms with Crippen LogP contribution in [-0.4, -0.2) is 10.1 Å². The van der Waals surface area contributed by atoms with Gasteiger partial charge in [-0.15, -0.1) is 11.3 Å². The van der Waals surface area contributed by atoms with E-state index in [2.05, 4.69) is 4.98 Å². The van der Waals surface area contributed by atoms with E-state index in [0.29, 0.717) is 15.6 Å². The average molecular weight is 215 g/mol. The molecule has 1 fully saturated rings. The molecule has 78 valence electrons. The molecule has 1 aromatic heterocycles. The van der Waals surface area contributed by atoms with E-state index in [1.807, 2.05) is 0 Å². The van der Waals surface area contributed by atoms with Gasteiger partial charge in [-0.2, -0.15) is 0 Å². The summed E-state index contributed by atoms with van der Waals surface area (Å²) in [6, 6.07) is 0. The number of alkyl halides is 1. The second-order valence-corrected chi connectivity index (χ2v) is 5.44. The Kier molecular flexibility index (Phi) is 1.98. The van der Waals surface area contributed by atoms with Gasteiger partial charge >= 0.3 is 0 Å². The van der Waals surface area contributed by atoms with Crippen LogP contribution in [0.3, 0.4) is 0 Å². The molecule has 0 saturated heterocycles. The Balaban J connectivity index is 2.40. The summed E-state index contributed by atoms with van der Waals surface area (Å²) in [5.74, 6) is 0. The summed E-state index contributed by atoms with van der Waals surface area (Å²) in [6.07, 6.45) is 1.51. The summed E-state index contributed by atoms with van der Waals surface area (Å²) in [7, 11) is 0. The van der Waals surface area contributed by atoms with Crippen molar-refractivity contribution in [1.29, 1.82) is 0 Å². The van der Waals surface area contributed by atoms with Crippen LogP contribution >= 0.6 is 11.3 Å². The molecule has 0 amide bonds. The van der Waals surface area contributed by atoms with E-state index in [1.165, 1.54) is 25.2 Å². The predicted octanol–water partition coefficient (Wildman–Crippen LogP) is 2.64. The summed E-state index contributed by atoms with van der Waals surface area (Å²) in [5.41, 5.74) is -1.39. The number of nitrogens with zero attached hydrogens (tertiary/aromatic N) is 1. The zero-order valence-electron chi connectivity index (χ0n) is 8.59. The van der Waals surface area contributed by atoms with Crippen LogP contribution in [0.1, 0.15) is 42.3 Å². The number of aliphatic hydroxyl groups is 1. The number of halogens is 1. The third-order valence-corrected chi connectivity index (χ3v) is 4.11. The van der Waals surface area contributed by atoms with Crippen LogP contribution in [0.25, 0.3) is 0 Å². The fraction of sp³-hybridized carbons (Fsp3) is 0.700. The van der Waals surface area contributed by atoms with Crippen LogP contribution in [-0.2, 0) is 11.3 Å². The minimum Gasteiger partial charge on any atom is -0.383 e. The molecule has 0 aromatic carbocycles. The zero-order valence-corrected chi connectivity index (χ0v) is 9.41. The van der Waals surface area contributed by atoms with Crippen molar-refractivity contribution >= 4 is 11.3 Å². The summed E-state index contributed by atoms with van der Waals surface area (Å²) in [6.45, 7) is 4.84. The standard InChI is InChI=1S/C10H14FNOS/c1-6-7(9(2,3)11)14-8(12-6)10(13)4-5-10/h13H,4-5H2,1-3H3. The first kappa shape index (κ1) is 10.1. The second kappa shape index (κ2) is 2.76. The summed E-state index contributed by atoms with van der Waals surface area (Å²) < 4.78 is 13.7. The Hall–Kier alpha value is -0.480. The Labute approximate surface area is 86.8 Å². The van der Waals surface area contributed by atoms with E-state index < -0.39 is 11.3 Å². The molecule has 1 N–H and O–H groups in total. The van der Waals surface area contributed by atoms with Crippen LogP contribution in [0.5, 0.6) is 0 Å². The van der Waals surface area contributed by atoms with Crippen molar-refractivity contribution in [2.45, 2.75) is 44.9 Å². The number of aryl methyl sites for hydroxylation is 1. The van der Waals surface area contributed by atoms with Gasteiger partial charge in [-0.05, 0) is 33.6 Å². The number of aromatic nitrogens is 1. The maximum atomic E-state index is 13.7. The monoisotopic (exact) mass is 215 g/mol. The van der Waals surface area contributed by atoms with Crippen molar-refractivity contribution in [1.82, 2.24) is 4.98 Å². The lowest BCUT2D eigenvalue weighted by atomic mass is 10.1. The van der Waals surface area contributed by atoms with Gasteiger partial charge in [-0.25, -0.2) is 9.37 Å². The van der Waals surface area contributed by atoms with E-state index in [0.717, 1.165) is 12.8 Å². The minimum atomic E-state index is -1.36. The molecule has 1 heterocycles. The van der Waals surface area contributed by atoms with Gasteiger partial charge in [-0.1, -0.05) is 0 Å². The minimum absolute atomic E-state index is 0.632. The predicted molar refractivity (Wildman–Crippen MR) is 54.1 cm³/mol. The average Bonchev–Trinajstić information content (AvgIpc) is 2.61. The molecule has 0 unspecified atom stereocenters. The third kappa shape index (κ3) is 1.57. The molecule has 0 spiro atoms. The molecule has 0 atom stereocenters. The molecule has 0 aliphatic heterocycles. The van der Waals surface area contributed by atoms with Gasteiger partial charge in [0.05, 0.1) is 10.6 Å². The molecular formula is C10H14FNOS. The first-order chi connectivity index (χ1) is 6.33. The molecule has 1 saturated carbocycles. The van der Waals surface area contributed by atoms with Gasteiger partial charge in [0.25, 0.3) is 0 Å². The lowest BCUT2D eigenvalue weighted by molar-refractivity contribution is 0.151. The van der Waals surface area contributed by atoms with Crippen molar-refractivity contribution in [2.75, 3.05) is 0 Å². The molecule has 1 aromatic rings. The fourth-order valence-corrected chi connectivity index (χ4v) is 2.69. The highest BCUT2D eigenvalue weighted by molar-refractivity contribution is 7.12. The topological polar surface area (TPSA) is 33.1 Å². The Morgan fingerprint density at radius 1 is 1.50 bits per heavy atom. The molecule has 0 bridgehead atoms. The van der Waals surface area contributed by atoms with Gasteiger partial charge in [0, 0.05) is 0 Å². The van der Waals surface area contributed by atoms with Gasteiger partial charge in [0.2, 0.25) is 0 Å². The quantitative estimate of drug-likeness (QED) is 0.822. The van der Waals surface area contributed by atoms with Crippen molar-refractivity contribution in [3.8, 4) is 0 Å². The smallest absolute Gasteiger partial charge is 0.141 e. The molecular weight excluding hydrogens is 201 g/mol. The van der Waals surface area contributed by atoms with E-state index in [9.17, 15) is 9.50 Å². The molecule has 14 heavy (non-hydrogen) atoms. The first-order valence-corrected chi connectivity index (χ1v) is 5.54. The molecule has 2 nitrogen and oxygen atoms in total. The van der Waals surface area contributed by atoms with Crippen molar-refractivity contribution < 1.29 is 9.50 Å². The molecule has 1 aliphatic rings. The van der Waals surface area contributed by atoms with Crippen LogP contribution in [0.15, 0.2) is 0 Å². The van der Waals surface area contributed by atoms with Crippen molar-refractivity contribution in [3.05, 3.63) is 15.6 Å². The maximum Gasteiger partial charge on any atom is 0.141 e. The van der Waals surface area contributed by atoms with E-state index in [4.69, 9.17) is 0 Å². The van der Waals surface area contributed by atoms with Crippen molar-refractivity contribution in [2.24, 2.45) is 0 Å². The molecule has 0 radical (unpaired) electrons. The van der Waals surface area contributed by atoms with Crippen LogP contribution < -0.4 is 0 Å². The highest BCUT2D eigenvalue weighted by Gasteiger charge is 2.46. The van der Waals surface area contributed by atoms with E-state index in [1.54, 1.807) is 6.92 Å². The summed E-state index contributed by atoms with van der Waals surface area (Å²) >= 11 is 1.30. The highest BCUT2D eigenvalue weighted by atomic mass is 32.1. The highest BCUT2D eigenvalue weighted by Crippen LogP contribution is 2.48. The van der Waals surface area contributed by atoms with Gasteiger partial charge in [-0.3, -0.25) is 0 Å². The number of hydrogen-bond acceptors (Lipinski definition) is 3. The number of rotatable bonds is 2. The lowest BCUT2D eigenvalue weighted by Crippen LogP contribution is -2.07. The molecule has 1 aliphatic carbocycles. The maximum absolute atomic E-state index is 13.7. The zero-order chi connectivity index (χ0) is 10.6. The van der Waals surface area contributed by atoms with Crippen LogP contribution in [0.2, 0.25) is 0 Å². The van der Waals surface area contributed by atoms with Gasteiger partial charge < -0.3 is 5.11 Å². The van der Waals surface area contributed by atoms with Crippen LogP contribution in [0, 0.1) is 6.92 Å².